The Morgan fingerprint density at radius 3 is 3.00 bits per heavy atom. The zero-order valence-electron chi connectivity index (χ0n) is 9.52. The summed E-state index contributed by atoms with van der Waals surface area (Å²) in [6.07, 6.45) is 10.1. The Bertz CT molecular complexity index is 290. The third-order valence-corrected chi connectivity index (χ3v) is 3.20. The Hall–Kier alpha value is -0.930. The highest BCUT2D eigenvalue weighted by molar-refractivity contribution is 5.78. The minimum Gasteiger partial charge on any atom is -0.374 e. The fraction of sp³-hybridized carbons (Fsp3) is 0.615. The van der Waals surface area contributed by atoms with E-state index < -0.39 is 0 Å². The van der Waals surface area contributed by atoms with Gasteiger partial charge in [0, 0.05) is 5.57 Å². The third kappa shape index (κ3) is 3.29. The summed E-state index contributed by atoms with van der Waals surface area (Å²) in [4.78, 5) is 10.6. The summed E-state index contributed by atoms with van der Waals surface area (Å²) in [5, 5.41) is 3.34. The largest absolute Gasteiger partial charge is 0.374 e. The van der Waals surface area contributed by atoms with E-state index in [-0.39, 0.29) is 6.10 Å². The average molecular weight is 221 g/mol. The molecule has 1 heterocycles. The van der Waals surface area contributed by atoms with E-state index in [1.165, 1.54) is 12.8 Å². The van der Waals surface area contributed by atoms with Gasteiger partial charge < -0.3 is 10.1 Å². The highest BCUT2D eigenvalue weighted by atomic mass is 16.5. The first-order chi connectivity index (χ1) is 7.88. The molecule has 0 radical (unpaired) electrons. The minimum absolute atomic E-state index is 0.0973. The summed E-state index contributed by atoms with van der Waals surface area (Å²) in [7, 11) is 0. The molecule has 0 aromatic carbocycles. The van der Waals surface area contributed by atoms with Gasteiger partial charge in [-0.1, -0.05) is 12.2 Å². The van der Waals surface area contributed by atoms with E-state index in [9.17, 15) is 4.79 Å². The Labute approximate surface area is 96.6 Å². The molecule has 2 aliphatic rings. The van der Waals surface area contributed by atoms with Crippen LogP contribution in [0.3, 0.4) is 0 Å². The van der Waals surface area contributed by atoms with Crippen LogP contribution in [0.5, 0.6) is 0 Å². The van der Waals surface area contributed by atoms with Gasteiger partial charge in [0.1, 0.15) is 6.29 Å². The quantitative estimate of drug-likeness (QED) is 0.730. The Kier molecular flexibility index (Phi) is 4.31. The number of carbonyl (C=O) groups excluding carboxylic acids is 1. The number of ether oxygens (including phenoxy) is 1. The average Bonchev–Trinajstić information content (AvgIpc) is 2.38. The van der Waals surface area contributed by atoms with Gasteiger partial charge in [0.25, 0.3) is 0 Å². The molecule has 1 aliphatic heterocycles. The lowest BCUT2D eigenvalue weighted by Crippen LogP contribution is -2.31. The lowest BCUT2D eigenvalue weighted by Gasteiger charge is -2.24. The van der Waals surface area contributed by atoms with Crippen molar-refractivity contribution in [2.75, 3.05) is 19.7 Å². The molecule has 16 heavy (non-hydrogen) atoms. The van der Waals surface area contributed by atoms with Gasteiger partial charge in [0.15, 0.2) is 0 Å². The molecule has 3 nitrogen and oxygen atoms in total. The van der Waals surface area contributed by atoms with Gasteiger partial charge in [-0.3, -0.25) is 4.79 Å². The van der Waals surface area contributed by atoms with Crippen LogP contribution in [0.25, 0.3) is 0 Å². The second-order valence-corrected chi connectivity index (χ2v) is 4.49. The Morgan fingerprint density at radius 1 is 1.44 bits per heavy atom. The van der Waals surface area contributed by atoms with Crippen molar-refractivity contribution in [2.24, 2.45) is 5.92 Å². The van der Waals surface area contributed by atoms with Crippen molar-refractivity contribution in [3.63, 3.8) is 0 Å². The fourth-order valence-corrected chi connectivity index (χ4v) is 2.18. The number of piperidine rings is 1. The first kappa shape index (κ1) is 11.6. The van der Waals surface area contributed by atoms with Gasteiger partial charge in [-0.2, -0.15) is 0 Å². The van der Waals surface area contributed by atoms with E-state index >= 15 is 0 Å². The molecule has 1 atom stereocenters. The monoisotopic (exact) mass is 221 g/mol. The summed E-state index contributed by atoms with van der Waals surface area (Å²) in [5.74, 6) is 0.681. The molecule has 0 aromatic rings. The SMILES string of the molecule is O=CC1=CC(OCC2CCNCC2)CC=C1. The highest BCUT2D eigenvalue weighted by Crippen LogP contribution is 2.17. The maximum Gasteiger partial charge on any atom is 0.149 e. The maximum absolute atomic E-state index is 10.6. The van der Waals surface area contributed by atoms with E-state index in [0.717, 1.165) is 38.0 Å². The molecule has 0 saturated carbocycles. The lowest BCUT2D eigenvalue weighted by molar-refractivity contribution is -0.104. The predicted molar refractivity (Wildman–Crippen MR) is 63.2 cm³/mol. The zero-order chi connectivity index (χ0) is 11.2. The van der Waals surface area contributed by atoms with E-state index in [4.69, 9.17) is 4.74 Å². The number of hydrogen-bond acceptors (Lipinski definition) is 3. The van der Waals surface area contributed by atoms with Crippen LogP contribution in [0.4, 0.5) is 0 Å². The third-order valence-electron chi connectivity index (χ3n) is 3.20. The molecule has 2 rings (SSSR count). The summed E-state index contributed by atoms with van der Waals surface area (Å²) in [6.45, 7) is 3.03. The predicted octanol–water partition coefficient (Wildman–Crippen LogP) is 1.46. The Morgan fingerprint density at radius 2 is 2.25 bits per heavy atom. The Balaban J connectivity index is 1.75. The van der Waals surface area contributed by atoms with Crippen LogP contribution in [-0.2, 0) is 9.53 Å². The van der Waals surface area contributed by atoms with Crippen molar-refractivity contribution in [3.05, 3.63) is 23.8 Å². The van der Waals surface area contributed by atoms with Crippen molar-refractivity contribution in [2.45, 2.75) is 25.4 Å². The lowest BCUT2D eigenvalue weighted by atomic mass is 9.99. The van der Waals surface area contributed by atoms with Crippen LogP contribution in [0.2, 0.25) is 0 Å². The van der Waals surface area contributed by atoms with Crippen LogP contribution in [0, 0.1) is 5.92 Å². The van der Waals surface area contributed by atoms with Crippen LogP contribution < -0.4 is 5.32 Å². The number of rotatable bonds is 4. The molecule has 1 saturated heterocycles. The first-order valence-electron chi connectivity index (χ1n) is 6.04. The van der Waals surface area contributed by atoms with Crippen LogP contribution in [0.1, 0.15) is 19.3 Å². The van der Waals surface area contributed by atoms with Gasteiger partial charge in [-0.25, -0.2) is 0 Å². The normalized spacial score (nSPS) is 26.5. The molecule has 88 valence electrons. The van der Waals surface area contributed by atoms with E-state index in [2.05, 4.69) is 5.32 Å². The molecule has 0 bridgehead atoms. The molecular formula is C13H19NO2. The van der Waals surface area contributed by atoms with Gasteiger partial charge in [-0.05, 0) is 44.3 Å². The smallest absolute Gasteiger partial charge is 0.149 e. The number of nitrogens with one attached hydrogen (secondary N) is 1. The number of hydrogen-bond donors (Lipinski definition) is 1. The second-order valence-electron chi connectivity index (χ2n) is 4.49. The zero-order valence-corrected chi connectivity index (χ0v) is 9.52. The standard InChI is InChI=1S/C13H19NO2/c15-9-12-2-1-3-13(8-12)16-10-11-4-6-14-7-5-11/h1-2,8-9,11,13-14H,3-7,10H2. The van der Waals surface area contributed by atoms with Crippen molar-refractivity contribution in [1.82, 2.24) is 5.32 Å². The summed E-state index contributed by atoms with van der Waals surface area (Å²) in [6, 6.07) is 0. The molecule has 0 spiro atoms. The molecule has 1 N–H and O–H groups in total. The van der Waals surface area contributed by atoms with Crippen molar-refractivity contribution in [1.29, 1.82) is 0 Å². The summed E-state index contributed by atoms with van der Waals surface area (Å²) >= 11 is 0. The first-order valence-corrected chi connectivity index (χ1v) is 6.04. The number of allylic oxidation sites excluding steroid dienone is 2. The number of aldehydes is 1. The number of carbonyl (C=O) groups is 1. The summed E-state index contributed by atoms with van der Waals surface area (Å²) in [5.41, 5.74) is 0.738. The van der Waals surface area contributed by atoms with Crippen molar-refractivity contribution in [3.8, 4) is 0 Å². The van der Waals surface area contributed by atoms with E-state index in [1.807, 2.05) is 18.2 Å². The molecule has 3 heteroatoms. The molecule has 0 aromatic heterocycles. The summed E-state index contributed by atoms with van der Waals surface area (Å²) < 4.78 is 5.84. The van der Waals surface area contributed by atoms with E-state index in [0.29, 0.717) is 5.92 Å². The van der Waals surface area contributed by atoms with Crippen LogP contribution in [-0.4, -0.2) is 32.1 Å². The molecule has 0 amide bonds. The van der Waals surface area contributed by atoms with Crippen molar-refractivity contribution >= 4 is 6.29 Å². The van der Waals surface area contributed by atoms with Gasteiger partial charge in [-0.15, -0.1) is 0 Å². The fourth-order valence-electron chi connectivity index (χ4n) is 2.18. The van der Waals surface area contributed by atoms with Gasteiger partial charge in [0.05, 0.1) is 12.7 Å². The van der Waals surface area contributed by atoms with Crippen LogP contribution in [0.15, 0.2) is 23.8 Å². The van der Waals surface area contributed by atoms with E-state index in [1.54, 1.807) is 0 Å². The molecular weight excluding hydrogens is 202 g/mol. The topological polar surface area (TPSA) is 38.3 Å². The maximum atomic E-state index is 10.6. The van der Waals surface area contributed by atoms with Crippen LogP contribution >= 0.6 is 0 Å². The molecule has 1 fully saturated rings. The van der Waals surface area contributed by atoms with Gasteiger partial charge >= 0.3 is 0 Å². The van der Waals surface area contributed by atoms with Crippen molar-refractivity contribution < 1.29 is 9.53 Å². The van der Waals surface area contributed by atoms with Gasteiger partial charge in [0.2, 0.25) is 0 Å². The highest BCUT2D eigenvalue weighted by Gasteiger charge is 2.16. The molecule has 1 unspecified atom stereocenters. The minimum atomic E-state index is 0.0973. The second kappa shape index (κ2) is 5.97. The molecule has 1 aliphatic carbocycles.